The first-order chi connectivity index (χ1) is 10.6. The molecule has 1 unspecified atom stereocenters. The monoisotopic (exact) mass is 483 g/mol. The van der Waals surface area contributed by atoms with E-state index in [1.54, 1.807) is 6.20 Å². The Morgan fingerprint density at radius 2 is 2.22 bits per heavy atom. The molecule has 0 spiro atoms. The van der Waals surface area contributed by atoms with Crippen molar-refractivity contribution in [2.45, 2.75) is 13.0 Å². The zero-order valence-electron chi connectivity index (χ0n) is 12.6. The van der Waals surface area contributed by atoms with Gasteiger partial charge in [-0.2, -0.15) is 0 Å². The summed E-state index contributed by atoms with van der Waals surface area (Å²) >= 11 is 0. The molecule has 4 rings (SSSR count). The summed E-state index contributed by atoms with van der Waals surface area (Å²) in [4.78, 5) is 15.0. The molecular formula is C14H14N7ORe-. The Balaban J connectivity index is 0.00000156. The van der Waals surface area contributed by atoms with Crippen molar-refractivity contribution in [2.24, 2.45) is 0 Å². The van der Waals surface area contributed by atoms with Gasteiger partial charge >= 0.3 is 0 Å². The Labute approximate surface area is 146 Å². The molecule has 2 N–H and O–H groups in total. The molecule has 9 heteroatoms. The molecule has 8 nitrogen and oxygen atoms in total. The second-order valence-corrected chi connectivity index (χ2v) is 5.21. The number of aromatic nitrogens is 5. The Morgan fingerprint density at radius 3 is 3.00 bits per heavy atom. The smallest absolute Gasteiger partial charge is 0.223 e. The van der Waals surface area contributed by atoms with Gasteiger partial charge in [0.2, 0.25) is 5.88 Å². The molecule has 0 bridgehead atoms. The van der Waals surface area contributed by atoms with E-state index in [1.807, 2.05) is 31.0 Å². The van der Waals surface area contributed by atoms with E-state index in [1.165, 1.54) is 0 Å². The van der Waals surface area contributed by atoms with Gasteiger partial charge in [0.25, 0.3) is 0 Å². The maximum absolute atomic E-state index is 6.02. The average molecular weight is 483 g/mol. The third kappa shape index (κ3) is 2.42. The van der Waals surface area contributed by atoms with Crippen LogP contribution in [0.15, 0.2) is 18.3 Å². The number of hydrogen-bond acceptors (Lipinski definition) is 7. The molecule has 0 fully saturated rings. The van der Waals surface area contributed by atoms with Gasteiger partial charge in [-0.25, -0.2) is 15.1 Å². The SMILES string of the molecule is Cc1nc2c3c(n[n-]c3n1)OCC(c1cccnc1N)N2C.[Re]. The standard InChI is InChI=1S/C14H14N7O.Re/c1-7-17-12-10-13(18-7)21(2)9(6-22-14(10)20-19-12)8-4-3-5-16-11(8)15;/h3-5,9H,6H2,1-2H3,(H2-,15,16,17,18,19,20);/q-1;. The number of aryl methyl sites for hydroxylation is 1. The van der Waals surface area contributed by atoms with Crippen LogP contribution in [0.3, 0.4) is 0 Å². The van der Waals surface area contributed by atoms with E-state index in [2.05, 4.69) is 25.1 Å². The van der Waals surface area contributed by atoms with Crippen LogP contribution in [0, 0.1) is 6.92 Å². The van der Waals surface area contributed by atoms with Crippen LogP contribution in [0.1, 0.15) is 17.4 Å². The zero-order valence-corrected chi connectivity index (χ0v) is 15.3. The minimum Gasteiger partial charge on any atom is -0.475 e. The fourth-order valence-corrected chi connectivity index (χ4v) is 2.73. The van der Waals surface area contributed by atoms with Crippen LogP contribution in [0.25, 0.3) is 11.0 Å². The predicted molar refractivity (Wildman–Crippen MR) is 80.7 cm³/mol. The average Bonchev–Trinajstić information content (AvgIpc) is 2.84. The van der Waals surface area contributed by atoms with Crippen LogP contribution in [0.2, 0.25) is 0 Å². The van der Waals surface area contributed by atoms with Crippen molar-refractivity contribution in [3.05, 3.63) is 29.7 Å². The van der Waals surface area contributed by atoms with Crippen molar-refractivity contribution in [3.63, 3.8) is 0 Å². The summed E-state index contributed by atoms with van der Waals surface area (Å²) in [6.07, 6.45) is 1.67. The Kier molecular flexibility index (Phi) is 3.92. The molecule has 0 aromatic carbocycles. The van der Waals surface area contributed by atoms with Crippen LogP contribution < -0.4 is 20.5 Å². The van der Waals surface area contributed by atoms with Crippen LogP contribution >= 0.6 is 0 Å². The second-order valence-electron chi connectivity index (χ2n) is 5.21. The van der Waals surface area contributed by atoms with Crippen molar-refractivity contribution >= 4 is 22.7 Å². The minimum atomic E-state index is -0.111. The molecular weight excluding hydrogens is 468 g/mol. The van der Waals surface area contributed by atoms with Crippen LogP contribution in [-0.2, 0) is 20.4 Å². The number of pyridine rings is 1. The summed E-state index contributed by atoms with van der Waals surface area (Å²) < 4.78 is 5.81. The maximum atomic E-state index is 6.02. The van der Waals surface area contributed by atoms with Crippen LogP contribution in [0.5, 0.6) is 5.88 Å². The van der Waals surface area contributed by atoms with Crippen molar-refractivity contribution in [3.8, 4) is 5.88 Å². The molecule has 1 radical (unpaired) electrons. The van der Waals surface area contributed by atoms with Gasteiger partial charge in [-0.1, -0.05) is 6.07 Å². The van der Waals surface area contributed by atoms with Gasteiger partial charge < -0.3 is 25.5 Å². The molecule has 23 heavy (non-hydrogen) atoms. The number of nitrogens with zero attached hydrogens (tertiary/aromatic N) is 6. The van der Waals surface area contributed by atoms with E-state index in [-0.39, 0.29) is 26.5 Å². The van der Waals surface area contributed by atoms with Gasteiger partial charge in [-0.15, -0.1) is 0 Å². The Morgan fingerprint density at radius 1 is 1.39 bits per heavy atom. The number of ether oxygens (including phenoxy) is 1. The normalized spacial score (nSPS) is 16.6. The maximum Gasteiger partial charge on any atom is 0.223 e. The number of anilines is 2. The molecule has 1 aliphatic heterocycles. The number of likely N-dealkylation sites (N-methyl/N-ethyl adjacent to an activating group) is 1. The van der Waals surface area contributed by atoms with Gasteiger partial charge in [-0.3, -0.25) is 0 Å². The summed E-state index contributed by atoms with van der Waals surface area (Å²) in [6.45, 7) is 2.22. The molecule has 0 saturated carbocycles. The fraction of sp³-hybridized carbons (Fsp3) is 0.286. The first-order valence-electron chi connectivity index (χ1n) is 6.89. The molecule has 0 aliphatic carbocycles. The summed E-state index contributed by atoms with van der Waals surface area (Å²) in [5.74, 6) is 2.33. The van der Waals surface area contributed by atoms with Crippen molar-refractivity contribution in [1.82, 2.24) is 25.1 Å². The first-order valence-corrected chi connectivity index (χ1v) is 6.89. The van der Waals surface area contributed by atoms with E-state index in [0.717, 1.165) is 16.8 Å². The third-order valence-electron chi connectivity index (χ3n) is 3.84. The van der Waals surface area contributed by atoms with Crippen molar-refractivity contribution in [1.29, 1.82) is 0 Å². The van der Waals surface area contributed by atoms with Crippen LogP contribution in [0.4, 0.5) is 11.6 Å². The molecule has 3 aromatic rings. The van der Waals surface area contributed by atoms with Gasteiger partial charge in [0.1, 0.15) is 18.2 Å². The number of nitrogen functional groups attached to an aromatic ring is 1. The molecule has 0 amide bonds. The van der Waals surface area contributed by atoms with E-state index in [4.69, 9.17) is 10.5 Å². The van der Waals surface area contributed by atoms with E-state index < -0.39 is 0 Å². The molecule has 1 aliphatic rings. The summed E-state index contributed by atoms with van der Waals surface area (Å²) in [5.41, 5.74) is 7.46. The van der Waals surface area contributed by atoms with Gasteiger partial charge in [0.05, 0.1) is 11.4 Å². The minimum absolute atomic E-state index is 0. The fourth-order valence-electron chi connectivity index (χ4n) is 2.73. The van der Waals surface area contributed by atoms with Crippen LogP contribution in [-0.4, -0.2) is 33.7 Å². The first kappa shape index (κ1) is 15.7. The van der Waals surface area contributed by atoms with Gasteiger partial charge in [0.15, 0.2) is 0 Å². The molecule has 3 aromatic heterocycles. The summed E-state index contributed by atoms with van der Waals surface area (Å²) in [7, 11) is 1.95. The molecule has 4 heterocycles. The number of hydrogen-bond donors (Lipinski definition) is 1. The van der Waals surface area contributed by atoms with Crippen molar-refractivity contribution in [2.75, 3.05) is 24.3 Å². The largest absolute Gasteiger partial charge is 0.475 e. The predicted octanol–water partition coefficient (Wildman–Crippen LogP) is 0.835. The number of rotatable bonds is 1. The summed E-state index contributed by atoms with van der Waals surface area (Å²) in [6, 6.07) is 3.69. The Bertz CT molecular complexity index is 865. The van der Waals surface area contributed by atoms with E-state index >= 15 is 0 Å². The van der Waals surface area contributed by atoms with Crippen molar-refractivity contribution < 1.29 is 25.2 Å². The third-order valence-corrected chi connectivity index (χ3v) is 3.84. The topological polar surface area (TPSA) is 104 Å². The van der Waals surface area contributed by atoms with Gasteiger partial charge in [-0.05, 0) is 18.6 Å². The van der Waals surface area contributed by atoms with E-state index in [0.29, 0.717) is 29.8 Å². The zero-order chi connectivity index (χ0) is 15.3. The quantitative estimate of drug-likeness (QED) is 0.544. The Hall–Kier alpha value is -2.24. The molecule has 119 valence electrons. The summed E-state index contributed by atoms with van der Waals surface area (Å²) in [5, 5.41) is 8.85. The van der Waals surface area contributed by atoms with E-state index in [9.17, 15) is 0 Å². The number of nitrogens with two attached hydrogens (primary N) is 1. The molecule has 1 atom stereocenters. The van der Waals surface area contributed by atoms with Gasteiger partial charge in [0, 0.05) is 45.1 Å². The second kappa shape index (κ2) is 5.76. The molecule has 0 saturated heterocycles.